The van der Waals surface area contributed by atoms with Crippen molar-refractivity contribution < 1.29 is 114 Å². The molecule has 130 heavy (non-hydrogen) atoms. The van der Waals surface area contributed by atoms with Gasteiger partial charge in [-0.15, -0.1) is 0 Å². The summed E-state index contributed by atoms with van der Waals surface area (Å²) in [5, 5.41) is 26.3. The molecule has 2 atom stereocenters. The predicted molar refractivity (Wildman–Crippen MR) is 473 cm³/mol. The number of piperazine rings is 1. The Hall–Kier alpha value is -12.2. The van der Waals surface area contributed by atoms with Gasteiger partial charge in [0, 0.05) is 107 Å². The normalized spacial score (nSPS) is 13.9. The number of carbonyl (C=O) groups is 11. The molecule has 0 saturated carbocycles. The van der Waals surface area contributed by atoms with E-state index in [-0.39, 0.29) is 129 Å². The van der Waals surface area contributed by atoms with Gasteiger partial charge in [0.25, 0.3) is 23.6 Å². The molecule has 0 bridgehead atoms. The molecular weight excluding hydrogens is 1700 g/mol. The molecule has 43 nitrogen and oxygen atoms in total. The number of aromatic amines is 2. The van der Waals surface area contributed by atoms with Crippen LogP contribution in [0.5, 0.6) is 11.5 Å². The molecule has 43 heteroatoms. The molecule has 0 spiro atoms. The van der Waals surface area contributed by atoms with Gasteiger partial charge in [-0.2, -0.15) is 15.1 Å². The Morgan fingerprint density at radius 2 is 1.10 bits per heavy atom. The van der Waals surface area contributed by atoms with Crippen molar-refractivity contribution in [2.24, 2.45) is 27.4 Å². The van der Waals surface area contributed by atoms with Gasteiger partial charge in [-0.05, 0) is 101 Å². The Balaban J connectivity index is 0.664. The van der Waals surface area contributed by atoms with Crippen LogP contribution in [0.4, 0.5) is 10.5 Å². The summed E-state index contributed by atoms with van der Waals surface area (Å²) in [6.07, 6.45) is 7.22. The third-order valence-electron chi connectivity index (χ3n) is 19.7. The van der Waals surface area contributed by atoms with Crippen LogP contribution in [-0.2, 0) is 112 Å². The van der Waals surface area contributed by atoms with Crippen LogP contribution in [0.2, 0.25) is 0 Å². The molecule has 2 aliphatic rings. The number of carbonyl (C=O) groups excluding carboxylic acids is 11. The molecule has 6 aromatic rings. The molecule has 5 heterocycles. The van der Waals surface area contributed by atoms with Gasteiger partial charge in [0.05, 0.1) is 163 Å². The van der Waals surface area contributed by atoms with Crippen LogP contribution in [0.25, 0.3) is 22.1 Å². The second-order valence-corrected chi connectivity index (χ2v) is 30.0. The van der Waals surface area contributed by atoms with Crippen molar-refractivity contribution in [1.82, 2.24) is 64.8 Å². The number of amides is 11. The molecule has 0 radical (unpaired) electrons. The molecule has 8 rings (SSSR count). The maximum absolute atomic E-state index is 13.9. The van der Waals surface area contributed by atoms with E-state index in [1.807, 2.05) is 6.92 Å². The zero-order valence-electron chi connectivity index (χ0n) is 75.0. The zero-order valence-corrected chi connectivity index (χ0v) is 75.0. The average molecular weight is 1820 g/mol. The number of aromatic nitrogens is 6. The molecule has 1 fully saturated rings. The van der Waals surface area contributed by atoms with Gasteiger partial charge >= 0.3 is 6.09 Å². The number of rotatable bonds is 61. The number of allylic oxidation sites excluding steroid dienone is 3. The number of H-pyrrole nitrogens is 2. The summed E-state index contributed by atoms with van der Waals surface area (Å²) in [5.74, 6) is -5.39. The monoisotopic (exact) mass is 1820 g/mol. The number of ether oxygens (including phenoxy) is 13. The standard InChI is InChI=1S/C87H123N19O24/c1-9-91-68(50-59(5)88)82(114)98-85-96-67-53-64(80(90)112)55-71(78(67)104(85)24-12-11-23-103-77-66(52-63(79(89)111)54-70(77)118-8)95-86(103)99-83(115)69-51-60(6)100-106(69)10-2)129-29-13-22-101-25-27-102(28-26-101)87(117)130-57-62-14-16-65(17-15-62)94-81(113)61(7)93-84(116)76(58(3)4)97-72(107)20-30-119-32-34-121-36-38-123-40-42-125-44-46-127-48-49-128-47-45-126-43-41-124-39-37-122-35-33-120-31-21-92-73(108)56-105-74(109)18-19-75(105)110/h11-12,14-19,50-55,58,61,76,88,91H,9-10,13,20-49,56-57H2,1-8H3,(H2,89,111)(H2,90,112)(H,92,108)(H,93,116)(H,94,113)(H,97,107)(H,95,99,115)(H,96,98,114)/b12-11+,68-50-,88-59?/t61-,76-/m0/s1. The first-order valence-corrected chi connectivity index (χ1v) is 43.1. The SMILES string of the molecule is CCN/C(=C\C(C)=N)C(=O)N=c1[nH]c2cc(C(N)=O)cc(OCCCN3CCN(C(=O)OCc4ccc(NC(=O)[C@H](C)NC(=O)[C@@H](NC(=O)CCOCCOCCOCCOCCOCCOCCOCCOCCOCCOCCNC(=O)CN5C(=O)C=CC5=O)C(C)C)cc4)CC3)c2n1C/C=C/Cn1c(=NC(=O)c2cc(C)nn2CC)[nH]c2cc(C(N)=O)cc(OC)c21. The number of aryl methyl sites for hydroxylation is 2. The Morgan fingerprint density at radius 1 is 0.600 bits per heavy atom. The van der Waals surface area contributed by atoms with Crippen molar-refractivity contribution in [3.05, 3.63) is 130 Å². The maximum Gasteiger partial charge on any atom is 0.410 e. The maximum atomic E-state index is 13.9. The summed E-state index contributed by atoms with van der Waals surface area (Å²) in [5.41, 5.74) is 15.9. The highest BCUT2D eigenvalue weighted by molar-refractivity contribution is 6.14. The zero-order chi connectivity index (χ0) is 93.7. The summed E-state index contributed by atoms with van der Waals surface area (Å²) in [4.78, 5) is 161. The number of likely N-dealkylation sites (N-methyl/N-ethyl adjacent to an activating group) is 1. The van der Waals surface area contributed by atoms with E-state index < -0.39 is 77.2 Å². The number of hydrogen-bond acceptors (Lipinski definition) is 28. The molecule has 12 N–H and O–H groups in total. The molecule has 0 unspecified atom stereocenters. The summed E-state index contributed by atoms with van der Waals surface area (Å²) in [6.45, 7) is 22.5. The van der Waals surface area contributed by atoms with E-state index in [1.54, 1.807) is 88.9 Å². The van der Waals surface area contributed by atoms with Crippen molar-refractivity contribution in [1.29, 1.82) is 5.41 Å². The number of nitrogens with zero attached hydrogens (tertiary/aromatic N) is 9. The van der Waals surface area contributed by atoms with Crippen LogP contribution in [0.3, 0.4) is 0 Å². The molecule has 11 amide bonds. The highest BCUT2D eigenvalue weighted by atomic mass is 16.6. The second-order valence-electron chi connectivity index (χ2n) is 30.0. The number of benzene rings is 3. The first kappa shape index (κ1) is 103. The Bertz CT molecular complexity index is 5000. The third-order valence-corrected chi connectivity index (χ3v) is 19.7. The van der Waals surface area contributed by atoms with Gasteiger partial charge in [0.1, 0.15) is 59.2 Å². The number of nitrogens with one attached hydrogen (secondary N) is 8. The lowest BCUT2D eigenvalue weighted by Gasteiger charge is -2.34. The lowest BCUT2D eigenvalue weighted by atomic mass is 10.0. The lowest BCUT2D eigenvalue weighted by Crippen LogP contribution is -2.53. The molecule has 3 aromatic heterocycles. The molecule has 3 aromatic carbocycles. The van der Waals surface area contributed by atoms with Crippen molar-refractivity contribution in [3.8, 4) is 11.5 Å². The molecule has 0 aliphatic carbocycles. The topological polar surface area (TPSA) is 538 Å². The minimum absolute atomic E-state index is 0.00853. The largest absolute Gasteiger partial charge is 0.494 e. The fourth-order valence-corrected chi connectivity index (χ4v) is 13.1. The Labute approximate surface area is 752 Å². The average Bonchev–Trinajstić information content (AvgIpc) is 1.62. The van der Waals surface area contributed by atoms with E-state index in [4.69, 9.17) is 78.5 Å². The number of fused-ring (bicyclic) bond motifs is 2. The number of methoxy groups -OCH3 is 1. The predicted octanol–water partition coefficient (Wildman–Crippen LogP) is 1.85. The summed E-state index contributed by atoms with van der Waals surface area (Å²) < 4.78 is 78.0. The fraction of sp³-hybridized carbons (Fsp3) is 0.529. The van der Waals surface area contributed by atoms with E-state index in [1.165, 1.54) is 51.3 Å². The van der Waals surface area contributed by atoms with Crippen molar-refractivity contribution in [2.75, 3.05) is 204 Å². The number of imidazole rings is 2. The van der Waals surface area contributed by atoms with Crippen LogP contribution in [0.1, 0.15) is 96.8 Å². The van der Waals surface area contributed by atoms with E-state index in [0.29, 0.717) is 197 Å². The van der Waals surface area contributed by atoms with Crippen molar-refractivity contribution >= 4 is 98.6 Å². The minimum Gasteiger partial charge on any atom is -0.494 e. The quantitative estimate of drug-likeness (QED) is 0.00856. The first-order chi connectivity index (χ1) is 62.7. The van der Waals surface area contributed by atoms with Crippen molar-refractivity contribution in [3.63, 3.8) is 0 Å². The van der Waals surface area contributed by atoms with Gasteiger partial charge in [-0.25, -0.2) is 4.79 Å². The van der Waals surface area contributed by atoms with Gasteiger partial charge < -0.3 is 129 Å². The van der Waals surface area contributed by atoms with E-state index in [2.05, 4.69) is 56.5 Å². The molecule has 710 valence electrons. The van der Waals surface area contributed by atoms with Crippen LogP contribution in [0.15, 0.2) is 101 Å². The minimum atomic E-state index is -0.975. The smallest absolute Gasteiger partial charge is 0.410 e. The van der Waals surface area contributed by atoms with Crippen LogP contribution >= 0.6 is 0 Å². The molecule has 1 saturated heterocycles. The first-order valence-electron chi connectivity index (χ1n) is 43.1. The second kappa shape index (κ2) is 55.6. The molecule has 2 aliphatic heterocycles. The van der Waals surface area contributed by atoms with Crippen LogP contribution in [0, 0.1) is 18.3 Å². The number of hydrogen-bond donors (Lipinski definition) is 10. The van der Waals surface area contributed by atoms with E-state index in [9.17, 15) is 52.7 Å². The summed E-state index contributed by atoms with van der Waals surface area (Å²) >= 11 is 0. The Morgan fingerprint density at radius 3 is 1.59 bits per heavy atom. The number of imide groups is 1. The number of primary amides is 2. The highest BCUT2D eigenvalue weighted by Gasteiger charge is 2.30. The number of nitrogens with two attached hydrogens (primary N) is 2. The van der Waals surface area contributed by atoms with Gasteiger partial charge in [-0.1, -0.05) is 38.1 Å². The Kier molecular flexibility index (Phi) is 44.2. The van der Waals surface area contributed by atoms with Gasteiger partial charge in [-0.3, -0.25) is 62.4 Å². The molecular formula is C87H123N19O24. The van der Waals surface area contributed by atoms with Gasteiger partial charge in [0.15, 0.2) is 0 Å². The third kappa shape index (κ3) is 34.4. The van der Waals surface area contributed by atoms with E-state index >= 15 is 0 Å². The summed E-state index contributed by atoms with van der Waals surface area (Å²) in [6, 6.07) is 12.6. The highest BCUT2D eigenvalue weighted by Crippen LogP contribution is 2.29. The van der Waals surface area contributed by atoms with Gasteiger partial charge in [0.2, 0.25) is 46.7 Å². The van der Waals surface area contributed by atoms with Crippen LogP contribution < -0.4 is 58.8 Å². The van der Waals surface area contributed by atoms with Crippen LogP contribution in [-0.4, -0.2) is 325 Å². The lowest BCUT2D eigenvalue weighted by molar-refractivity contribution is -0.141. The fourth-order valence-electron chi connectivity index (χ4n) is 13.1. The van der Waals surface area contributed by atoms with Crippen molar-refractivity contribution in [2.45, 2.75) is 99.6 Å². The van der Waals surface area contributed by atoms with E-state index in [0.717, 1.165) is 17.1 Å². The summed E-state index contributed by atoms with van der Waals surface area (Å²) in [7, 11) is 1.44. The number of anilines is 1.